The molecule has 0 saturated carbocycles. The average molecular weight is 460 g/mol. The molecule has 8 nitrogen and oxygen atoms in total. The van der Waals surface area contributed by atoms with Gasteiger partial charge in [0.1, 0.15) is 0 Å². The highest BCUT2D eigenvalue weighted by molar-refractivity contribution is 7.99. The van der Waals surface area contributed by atoms with Crippen molar-refractivity contribution in [3.63, 3.8) is 0 Å². The predicted octanol–water partition coefficient (Wildman–Crippen LogP) is 3.88. The number of halogens is 1. The van der Waals surface area contributed by atoms with E-state index in [1.54, 1.807) is 32.6 Å². The molecule has 0 aliphatic heterocycles. The highest BCUT2D eigenvalue weighted by Gasteiger charge is 2.16. The molecule has 10 heteroatoms. The second-order valence-corrected chi connectivity index (χ2v) is 7.63. The zero-order valence-corrected chi connectivity index (χ0v) is 18.9. The SMILES string of the molecule is CCn1c(SCC(=O)N/N=C\c2ccc(Cl)cc2)nnc1-c1ccc(OC)c(OC)c1. The van der Waals surface area contributed by atoms with Crippen molar-refractivity contribution in [1.82, 2.24) is 20.2 Å². The maximum Gasteiger partial charge on any atom is 0.250 e. The van der Waals surface area contributed by atoms with Gasteiger partial charge in [0.15, 0.2) is 22.5 Å². The Bertz CT molecular complexity index is 1070. The zero-order valence-electron chi connectivity index (χ0n) is 17.3. The number of rotatable bonds is 9. The number of nitrogens with one attached hydrogen (secondary N) is 1. The predicted molar refractivity (Wildman–Crippen MR) is 122 cm³/mol. The van der Waals surface area contributed by atoms with E-state index in [1.807, 2.05) is 41.8 Å². The van der Waals surface area contributed by atoms with Gasteiger partial charge in [-0.2, -0.15) is 5.10 Å². The number of nitrogens with zero attached hydrogens (tertiary/aromatic N) is 4. The van der Waals surface area contributed by atoms with Crippen LogP contribution in [0.15, 0.2) is 52.7 Å². The highest BCUT2D eigenvalue weighted by atomic mass is 35.5. The minimum atomic E-state index is -0.242. The number of methoxy groups -OCH3 is 2. The molecule has 0 saturated heterocycles. The van der Waals surface area contributed by atoms with Gasteiger partial charge in [0.05, 0.1) is 26.2 Å². The summed E-state index contributed by atoms with van der Waals surface area (Å²) in [7, 11) is 3.17. The number of hydrazone groups is 1. The van der Waals surface area contributed by atoms with Gasteiger partial charge in [-0.1, -0.05) is 35.5 Å². The number of hydrogen-bond acceptors (Lipinski definition) is 7. The summed E-state index contributed by atoms with van der Waals surface area (Å²) in [5.74, 6) is 1.85. The molecule has 0 fully saturated rings. The molecule has 0 atom stereocenters. The van der Waals surface area contributed by atoms with Gasteiger partial charge in [0, 0.05) is 17.1 Å². The first-order valence-electron chi connectivity index (χ1n) is 9.41. The fourth-order valence-electron chi connectivity index (χ4n) is 2.76. The van der Waals surface area contributed by atoms with E-state index in [2.05, 4.69) is 20.7 Å². The molecule has 162 valence electrons. The summed E-state index contributed by atoms with van der Waals surface area (Å²) in [6.45, 7) is 2.64. The summed E-state index contributed by atoms with van der Waals surface area (Å²) in [5.41, 5.74) is 4.19. The van der Waals surface area contributed by atoms with Crippen molar-refractivity contribution < 1.29 is 14.3 Å². The van der Waals surface area contributed by atoms with Crippen molar-refractivity contribution in [2.24, 2.45) is 5.10 Å². The van der Waals surface area contributed by atoms with Crippen LogP contribution in [0.25, 0.3) is 11.4 Å². The lowest BCUT2D eigenvalue weighted by atomic mass is 10.2. The molecule has 1 amide bonds. The molecule has 31 heavy (non-hydrogen) atoms. The van der Waals surface area contributed by atoms with Crippen LogP contribution in [0.4, 0.5) is 0 Å². The van der Waals surface area contributed by atoms with E-state index in [0.717, 1.165) is 11.1 Å². The van der Waals surface area contributed by atoms with Gasteiger partial charge < -0.3 is 14.0 Å². The average Bonchev–Trinajstić information content (AvgIpc) is 3.21. The fraction of sp³-hybridized carbons (Fsp3) is 0.238. The minimum absolute atomic E-state index is 0.155. The third-order valence-corrected chi connectivity index (χ3v) is 5.50. The first kappa shape index (κ1) is 22.6. The molecule has 3 aromatic rings. The minimum Gasteiger partial charge on any atom is -0.493 e. The van der Waals surface area contributed by atoms with Crippen LogP contribution in [0.5, 0.6) is 11.5 Å². The molecule has 0 aliphatic rings. The highest BCUT2D eigenvalue weighted by Crippen LogP contribution is 2.32. The number of thioether (sulfide) groups is 1. The zero-order chi connectivity index (χ0) is 22.2. The Balaban J connectivity index is 1.64. The van der Waals surface area contributed by atoms with Crippen LogP contribution >= 0.6 is 23.4 Å². The summed E-state index contributed by atoms with van der Waals surface area (Å²) < 4.78 is 12.6. The van der Waals surface area contributed by atoms with Gasteiger partial charge in [-0.05, 0) is 42.8 Å². The number of ether oxygens (including phenoxy) is 2. The number of hydrogen-bond donors (Lipinski definition) is 1. The molecule has 3 rings (SSSR count). The van der Waals surface area contributed by atoms with Crippen LogP contribution in [0.3, 0.4) is 0 Å². The molecule has 1 heterocycles. The van der Waals surface area contributed by atoms with Crippen LogP contribution in [-0.4, -0.2) is 46.9 Å². The van der Waals surface area contributed by atoms with E-state index in [4.69, 9.17) is 21.1 Å². The third kappa shape index (κ3) is 5.77. The maximum atomic E-state index is 12.1. The first-order valence-corrected chi connectivity index (χ1v) is 10.8. The topological polar surface area (TPSA) is 90.6 Å². The second kappa shape index (κ2) is 10.8. The van der Waals surface area contributed by atoms with Crippen LogP contribution in [0.2, 0.25) is 5.02 Å². The van der Waals surface area contributed by atoms with Crippen molar-refractivity contribution in [2.75, 3.05) is 20.0 Å². The number of amides is 1. The number of benzene rings is 2. The standard InChI is InChI=1S/C21H22ClN5O3S/c1-4-27-20(15-7-10-17(29-2)18(11-15)30-3)25-26-21(27)31-13-19(28)24-23-12-14-5-8-16(22)9-6-14/h5-12H,4,13H2,1-3H3,(H,24,28)/b23-12-. The van der Waals surface area contributed by atoms with Crippen molar-refractivity contribution in [3.05, 3.63) is 53.1 Å². The Labute approximate surface area is 189 Å². The lowest BCUT2D eigenvalue weighted by molar-refractivity contribution is -0.118. The quantitative estimate of drug-likeness (QED) is 0.296. The summed E-state index contributed by atoms with van der Waals surface area (Å²) in [5, 5.41) is 13.8. The molecular weight excluding hydrogens is 438 g/mol. The Hall–Kier alpha value is -3.04. The van der Waals surface area contributed by atoms with Gasteiger partial charge in [0.2, 0.25) is 0 Å². The maximum absolute atomic E-state index is 12.1. The molecule has 0 radical (unpaired) electrons. The number of aromatic nitrogens is 3. The van der Waals surface area contributed by atoms with Crippen molar-refractivity contribution >= 4 is 35.5 Å². The molecular formula is C21H22ClN5O3S. The normalized spacial score (nSPS) is 11.0. The van der Waals surface area contributed by atoms with Crippen LogP contribution in [0, 0.1) is 0 Å². The van der Waals surface area contributed by atoms with Crippen LogP contribution in [0.1, 0.15) is 12.5 Å². The van der Waals surface area contributed by atoms with E-state index < -0.39 is 0 Å². The molecule has 0 bridgehead atoms. The second-order valence-electron chi connectivity index (χ2n) is 6.25. The van der Waals surface area contributed by atoms with Crippen molar-refractivity contribution in [1.29, 1.82) is 0 Å². The lowest BCUT2D eigenvalue weighted by Crippen LogP contribution is -2.20. The summed E-state index contributed by atoms with van der Waals surface area (Å²) in [6.07, 6.45) is 1.56. The molecule has 0 aliphatic carbocycles. The van der Waals surface area contributed by atoms with Gasteiger partial charge in [-0.25, -0.2) is 5.43 Å². The number of carbonyl (C=O) groups is 1. The van der Waals surface area contributed by atoms with Gasteiger partial charge in [-0.3, -0.25) is 4.79 Å². The lowest BCUT2D eigenvalue weighted by Gasteiger charge is -2.10. The van der Waals surface area contributed by atoms with E-state index in [9.17, 15) is 4.79 Å². The monoisotopic (exact) mass is 459 g/mol. The van der Waals surface area contributed by atoms with Gasteiger partial charge in [-0.15, -0.1) is 10.2 Å². The molecule has 1 N–H and O–H groups in total. The summed E-state index contributed by atoms with van der Waals surface area (Å²) >= 11 is 7.14. The van der Waals surface area contributed by atoms with Gasteiger partial charge in [0.25, 0.3) is 5.91 Å². The fourth-order valence-corrected chi connectivity index (χ4v) is 3.68. The Kier molecular flexibility index (Phi) is 7.91. The Morgan fingerprint density at radius 2 is 1.90 bits per heavy atom. The molecule has 1 aromatic heterocycles. The summed E-state index contributed by atoms with van der Waals surface area (Å²) in [6, 6.07) is 12.7. The van der Waals surface area contributed by atoms with Crippen molar-refractivity contribution in [3.8, 4) is 22.9 Å². The Morgan fingerprint density at radius 3 is 2.58 bits per heavy atom. The van der Waals surface area contributed by atoms with E-state index in [-0.39, 0.29) is 11.7 Å². The molecule has 0 spiro atoms. The first-order chi connectivity index (χ1) is 15.0. The molecule has 2 aromatic carbocycles. The summed E-state index contributed by atoms with van der Waals surface area (Å²) in [4.78, 5) is 12.1. The van der Waals surface area contributed by atoms with Crippen LogP contribution < -0.4 is 14.9 Å². The van der Waals surface area contributed by atoms with E-state index >= 15 is 0 Å². The molecule has 0 unspecified atom stereocenters. The third-order valence-electron chi connectivity index (χ3n) is 4.28. The largest absolute Gasteiger partial charge is 0.493 e. The van der Waals surface area contributed by atoms with Crippen LogP contribution in [-0.2, 0) is 11.3 Å². The van der Waals surface area contributed by atoms with E-state index in [1.165, 1.54) is 11.8 Å². The van der Waals surface area contributed by atoms with Crippen molar-refractivity contribution in [2.45, 2.75) is 18.6 Å². The Morgan fingerprint density at radius 1 is 1.16 bits per heavy atom. The number of carbonyl (C=O) groups excluding carboxylic acids is 1. The smallest absolute Gasteiger partial charge is 0.250 e. The van der Waals surface area contributed by atoms with Gasteiger partial charge >= 0.3 is 0 Å². The van der Waals surface area contributed by atoms with E-state index in [0.29, 0.717) is 34.0 Å².